The van der Waals surface area contributed by atoms with Crippen molar-refractivity contribution in [2.45, 2.75) is 19.4 Å². The molecule has 0 heterocycles. The molecule has 1 aliphatic carbocycles. The van der Waals surface area contributed by atoms with E-state index in [1.54, 1.807) is 0 Å². The summed E-state index contributed by atoms with van der Waals surface area (Å²) in [6.07, 6.45) is 0. The zero-order valence-corrected chi connectivity index (χ0v) is 14.0. The number of benzene rings is 3. The second-order valence-corrected chi connectivity index (χ2v) is 6.60. The maximum Gasteiger partial charge on any atom is 0.114 e. The van der Waals surface area contributed by atoms with Crippen LogP contribution in [0.4, 0.5) is 0 Å². The van der Waals surface area contributed by atoms with Crippen LogP contribution in [0.15, 0.2) is 78.9 Å². The zero-order valence-electron chi connectivity index (χ0n) is 14.0. The molecule has 1 N–H and O–H groups in total. The third-order valence-electron chi connectivity index (χ3n) is 4.83. The molecule has 0 saturated carbocycles. The Kier molecular flexibility index (Phi) is 3.40. The number of hydrogen-bond acceptors (Lipinski definition) is 1. The smallest absolute Gasteiger partial charge is 0.114 e. The van der Waals surface area contributed by atoms with Crippen LogP contribution in [0.2, 0.25) is 0 Å². The molecule has 0 aromatic heterocycles. The molecule has 0 bridgehead atoms. The minimum absolute atomic E-state index is 0.978. The van der Waals surface area contributed by atoms with Crippen molar-refractivity contribution in [2.75, 3.05) is 0 Å². The van der Waals surface area contributed by atoms with Gasteiger partial charge in [-0.1, -0.05) is 84.4 Å². The van der Waals surface area contributed by atoms with E-state index in [9.17, 15) is 5.11 Å². The Morgan fingerprint density at radius 1 is 0.750 bits per heavy atom. The Labute approximate surface area is 142 Å². The van der Waals surface area contributed by atoms with Crippen molar-refractivity contribution in [3.8, 4) is 0 Å². The lowest BCUT2D eigenvalue weighted by molar-refractivity contribution is 0.125. The van der Waals surface area contributed by atoms with E-state index in [0.717, 1.165) is 33.4 Å². The van der Waals surface area contributed by atoms with Gasteiger partial charge in [-0.05, 0) is 41.7 Å². The summed E-state index contributed by atoms with van der Waals surface area (Å²) in [5.74, 6) is 0. The quantitative estimate of drug-likeness (QED) is 0.691. The highest BCUT2D eigenvalue weighted by molar-refractivity contribution is 6.06. The van der Waals surface area contributed by atoms with Crippen molar-refractivity contribution in [1.82, 2.24) is 0 Å². The fourth-order valence-electron chi connectivity index (χ4n) is 3.74. The van der Waals surface area contributed by atoms with Gasteiger partial charge in [-0.25, -0.2) is 0 Å². The first kappa shape index (κ1) is 14.9. The molecule has 1 unspecified atom stereocenters. The molecule has 3 aromatic rings. The molecule has 1 heteroatoms. The molecular weight excluding hydrogens is 292 g/mol. The minimum atomic E-state index is -1.00. The lowest BCUT2D eigenvalue weighted by Crippen LogP contribution is -2.20. The Morgan fingerprint density at radius 2 is 1.33 bits per heavy atom. The van der Waals surface area contributed by atoms with Crippen LogP contribution < -0.4 is 0 Å². The molecule has 0 spiro atoms. The van der Waals surface area contributed by atoms with E-state index in [1.807, 2.05) is 43.3 Å². The minimum Gasteiger partial charge on any atom is -0.381 e. The van der Waals surface area contributed by atoms with Crippen LogP contribution in [0, 0.1) is 6.92 Å². The van der Waals surface area contributed by atoms with E-state index >= 15 is 0 Å². The molecule has 0 aliphatic heterocycles. The van der Waals surface area contributed by atoms with Crippen LogP contribution in [0.3, 0.4) is 0 Å². The lowest BCUT2D eigenvalue weighted by Gasteiger charge is -2.24. The molecule has 4 rings (SSSR count). The molecule has 1 atom stereocenters. The predicted octanol–water partition coefficient (Wildman–Crippen LogP) is 5.18. The van der Waals surface area contributed by atoms with Gasteiger partial charge in [0.1, 0.15) is 5.60 Å². The Hall–Kier alpha value is -2.64. The molecule has 0 fully saturated rings. The van der Waals surface area contributed by atoms with Gasteiger partial charge < -0.3 is 5.11 Å². The highest BCUT2D eigenvalue weighted by atomic mass is 16.3. The van der Waals surface area contributed by atoms with E-state index < -0.39 is 5.60 Å². The Morgan fingerprint density at radius 3 is 1.96 bits per heavy atom. The molecule has 24 heavy (non-hydrogen) atoms. The Bertz CT molecular complexity index is 919. The molecule has 0 amide bonds. The number of rotatable bonds is 2. The van der Waals surface area contributed by atoms with E-state index in [1.165, 1.54) is 5.56 Å². The van der Waals surface area contributed by atoms with Gasteiger partial charge in [0.05, 0.1) is 0 Å². The van der Waals surface area contributed by atoms with Gasteiger partial charge in [-0.3, -0.25) is 0 Å². The van der Waals surface area contributed by atoms with Gasteiger partial charge in [0.25, 0.3) is 0 Å². The summed E-state index contributed by atoms with van der Waals surface area (Å²) >= 11 is 0. The summed E-state index contributed by atoms with van der Waals surface area (Å²) in [5, 5.41) is 11.4. The normalized spacial score (nSPS) is 19.5. The monoisotopic (exact) mass is 312 g/mol. The van der Waals surface area contributed by atoms with Gasteiger partial charge in [-0.15, -0.1) is 0 Å². The number of aliphatic hydroxyl groups is 1. The molecule has 3 aromatic carbocycles. The van der Waals surface area contributed by atoms with E-state index in [4.69, 9.17) is 0 Å². The molecule has 1 aliphatic rings. The molecule has 0 radical (unpaired) electrons. The van der Waals surface area contributed by atoms with Crippen molar-refractivity contribution in [3.05, 3.63) is 107 Å². The van der Waals surface area contributed by atoms with Gasteiger partial charge in [0.2, 0.25) is 0 Å². The van der Waals surface area contributed by atoms with Crippen LogP contribution in [0.5, 0.6) is 0 Å². The topological polar surface area (TPSA) is 20.2 Å². The first-order valence-electron chi connectivity index (χ1n) is 8.28. The maximum absolute atomic E-state index is 11.4. The summed E-state index contributed by atoms with van der Waals surface area (Å²) in [6, 6.07) is 26.9. The molecular formula is C23H20O. The standard InChI is InChI=1S/C23H20O/c1-16-13-14-20-19(15-16)21(17-9-5-3-6-10-17)22(23(20,2)24)18-11-7-4-8-12-18/h3-15,24H,1-2H3. The van der Waals surface area contributed by atoms with Crippen LogP contribution in [0.25, 0.3) is 11.1 Å². The van der Waals surface area contributed by atoms with Crippen molar-refractivity contribution in [2.24, 2.45) is 0 Å². The van der Waals surface area contributed by atoms with Crippen molar-refractivity contribution < 1.29 is 5.11 Å². The summed E-state index contributed by atoms with van der Waals surface area (Å²) in [4.78, 5) is 0. The highest BCUT2D eigenvalue weighted by Crippen LogP contribution is 2.51. The Balaban J connectivity index is 2.09. The van der Waals surface area contributed by atoms with E-state index in [2.05, 4.69) is 49.4 Å². The van der Waals surface area contributed by atoms with Crippen LogP contribution in [-0.2, 0) is 5.60 Å². The molecule has 0 saturated heterocycles. The van der Waals surface area contributed by atoms with Gasteiger partial charge in [-0.2, -0.15) is 0 Å². The maximum atomic E-state index is 11.4. The van der Waals surface area contributed by atoms with Gasteiger partial charge in [0, 0.05) is 5.57 Å². The van der Waals surface area contributed by atoms with Crippen molar-refractivity contribution in [1.29, 1.82) is 0 Å². The average molecular weight is 312 g/mol. The highest BCUT2D eigenvalue weighted by Gasteiger charge is 2.40. The van der Waals surface area contributed by atoms with Crippen molar-refractivity contribution in [3.63, 3.8) is 0 Å². The SMILES string of the molecule is Cc1ccc2c(c1)C(c1ccccc1)=C(c1ccccc1)C2(C)O. The summed E-state index contributed by atoms with van der Waals surface area (Å²) in [6.45, 7) is 4.00. The molecule has 118 valence electrons. The summed E-state index contributed by atoms with van der Waals surface area (Å²) in [5.41, 5.74) is 6.62. The third kappa shape index (κ3) is 2.21. The van der Waals surface area contributed by atoms with Crippen molar-refractivity contribution >= 4 is 11.1 Å². The summed E-state index contributed by atoms with van der Waals surface area (Å²) < 4.78 is 0. The lowest BCUT2D eigenvalue weighted by atomic mass is 9.87. The van der Waals surface area contributed by atoms with E-state index in [-0.39, 0.29) is 0 Å². The van der Waals surface area contributed by atoms with Crippen LogP contribution >= 0.6 is 0 Å². The fraction of sp³-hybridized carbons (Fsp3) is 0.130. The third-order valence-corrected chi connectivity index (χ3v) is 4.83. The van der Waals surface area contributed by atoms with Crippen LogP contribution in [-0.4, -0.2) is 5.11 Å². The number of hydrogen-bond donors (Lipinski definition) is 1. The van der Waals surface area contributed by atoms with E-state index in [0.29, 0.717) is 0 Å². The largest absolute Gasteiger partial charge is 0.381 e. The number of aryl methyl sites for hydroxylation is 1. The number of fused-ring (bicyclic) bond motifs is 1. The predicted molar refractivity (Wildman–Crippen MR) is 99.5 cm³/mol. The average Bonchev–Trinajstić information content (AvgIpc) is 2.83. The second kappa shape index (κ2) is 5.47. The van der Waals surface area contributed by atoms with Gasteiger partial charge in [0.15, 0.2) is 0 Å². The zero-order chi connectivity index (χ0) is 16.7. The van der Waals surface area contributed by atoms with Crippen LogP contribution in [0.1, 0.15) is 34.7 Å². The van der Waals surface area contributed by atoms with Gasteiger partial charge >= 0.3 is 0 Å². The summed E-state index contributed by atoms with van der Waals surface area (Å²) in [7, 11) is 0. The molecule has 1 nitrogen and oxygen atoms in total. The fourth-order valence-corrected chi connectivity index (χ4v) is 3.74. The second-order valence-electron chi connectivity index (χ2n) is 6.60. The first-order chi connectivity index (χ1) is 11.6. The first-order valence-corrected chi connectivity index (χ1v) is 8.28.